The van der Waals surface area contributed by atoms with Gasteiger partial charge in [-0.3, -0.25) is 4.79 Å². The molecule has 2 aromatic carbocycles. The van der Waals surface area contributed by atoms with E-state index in [0.29, 0.717) is 24.6 Å². The maximum absolute atomic E-state index is 13.4. The first-order valence-corrected chi connectivity index (χ1v) is 13.5. The Hall–Kier alpha value is -3.41. The van der Waals surface area contributed by atoms with E-state index in [2.05, 4.69) is 74.0 Å². The summed E-state index contributed by atoms with van der Waals surface area (Å²) >= 11 is 0. The highest BCUT2D eigenvalue weighted by molar-refractivity contribution is 5.99. The number of carbonyl (C=O) groups is 1. The highest BCUT2D eigenvalue weighted by Gasteiger charge is 2.27. The SMILES string of the molecule is CCC(C)c1ncc2c(n1)N(C)CCN(Cc1ccc(OC(CCC(C)C)c3ccccc3)cc1)C2=O. The van der Waals surface area contributed by atoms with Crippen molar-refractivity contribution in [2.75, 3.05) is 25.0 Å². The molecule has 6 heteroatoms. The summed E-state index contributed by atoms with van der Waals surface area (Å²) in [6.45, 7) is 10.6. The molecule has 1 amide bonds. The summed E-state index contributed by atoms with van der Waals surface area (Å²) in [5.74, 6) is 3.25. The highest BCUT2D eigenvalue weighted by Crippen LogP contribution is 2.29. The van der Waals surface area contributed by atoms with Gasteiger partial charge in [-0.1, -0.05) is 70.2 Å². The first kappa shape index (κ1) is 26.6. The Morgan fingerprint density at radius 3 is 2.38 bits per heavy atom. The fraction of sp³-hybridized carbons (Fsp3) is 0.452. The average Bonchev–Trinajstić information content (AvgIpc) is 3.03. The molecular weight excluding hydrogens is 460 g/mol. The summed E-state index contributed by atoms with van der Waals surface area (Å²) in [4.78, 5) is 26.7. The summed E-state index contributed by atoms with van der Waals surface area (Å²) < 4.78 is 6.43. The summed E-state index contributed by atoms with van der Waals surface area (Å²) in [5.41, 5.74) is 2.84. The molecule has 0 fully saturated rings. The van der Waals surface area contributed by atoms with Crippen molar-refractivity contribution in [3.05, 3.63) is 83.3 Å². The van der Waals surface area contributed by atoms with Gasteiger partial charge in [-0.25, -0.2) is 9.97 Å². The number of hydrogen-bond acceptors (Lipinski definition) is 5. The third-order valence-corrected chi connectivity index (χ3v) is 7.18. The molecule has 0 aliphatic carbocycles. The molecule has 196 valence electrons. The van der Waals surface area contributed by atoms with Gasteiger partial charge < -0.3 is 14.5 Å². The number of ether oxygens (including phenoxy) is 1. The van der Waals surface area contributed by atoms with Crippen LogP contribution < -0.4 is 9.64 Å². The maximum atomic E-state index is 13.4. The number of aromatic nitrogens is 2. The normalized spacial score (nSPS) is 15.4. The third kappa shape index (κ3) is 6.68. The van der Waals surface area contributed by atoms with Gasteiger partial charge in [0.15, 0.2) is 0 Å². The number of carbonyl (C=O) groups excluding carboxylic acids is 1. The quantitative estimate of drug-likeness (QED) is 0.312. The van der Waals surface area contributed by atoms with Crippen molar-refractivity contribution in [3.8, 4) is 5.75 Å². The van der Waals surface area contributed by atoms with E-state index < -0.39 is 0 Å². The van der Waals surface area contributed by atoms with Gasteiger partial charge in [-0.2, -0.15) is 0 Å². The Morgan fingerprint density at radius 1 is 0.973 bits per heavy atom. The Kier molecular flexibility index (Phi) is 8.80. The van der Waals surface area contributed by atoms with Crippen LogP contribution in [0.15, 0.2) is 60.8 Å². The van der Waals surface area contributed by atoms with Crippen molar-refractivity contribution in [1.29, 1.82) is 0 Å². The van der Waals surface area contributed by atoms with E-state index in [0.717, 1.165) is 48.8 Å². The molecule has 0 N–H and O–H groups in total. The molecule has 37 heavy (non-hydrogen) atoms. The lowest BCUT2D eigenvalue weighted by Gasteiger charge is -2.22. The molecule has 0 spiro atoms. The van der Waals surface area contributed by atoms with Gasteiger partial charge in [0.2, 0.25) is 0 Å². The number of rotatable bonds is 10. The van der Waals surface area contributed by atoms with Crippen molar-refractivity contribution >= 4 is 11.7 Å². The number of anilines is 1. The van der Waals surface area contributed by atoms with E-state index in [1.807, 2.05) is 30.1 Å². The molecule has 0 saturated carbocycles. The summed E-state index contributed by atoms with van der Waals surface area (Å²) in [6.07, 6.45) is 4.77. The zero-order valence-electron chi connectivity index (χ0n) is 22.9. The van der Waals surface area contributed by atoms with Crippen molar-refractivity contribution in [1.82, 2.24) is 14.9 Å². The fourth-order valence-corrected chi connectivity index (χ4v) is 4.55. The molecule has 1 aliphatic rings. The largest absolute Gasteiger partial charge is 0.486 e. The Morgan fingerprint density at radius 2 is 1.70 bits per heavy atom. The van der Waals surface area contributed by atoms with Crippen LogP contribution in [0.3, 0.4) is 0 Å². The van der Waals surface area contributed by atoms with Gasteiger partial charge in [0, 0.05) is 38.8 Å². The van der Waals surface area contributed by atoms with Gasteiger partial charge in [-0.15, -0.1) is 0 Å². The Labute approximate surface area is 221 Å². The lowest BCUT2D eigenvalue weighted by molar-refractivity contribution is 0.0754. The fourth-order valence-electron chi connectivity index (χ4n) is 4.55. The van der Waals surface area contributed by atoms with Crippen LogP contribution in [0.4, 0.5) is 5.82 Å². The van der Waals surface area contributed by atoms with Crippen LogP contribution >= 0.6 is 0 Å². The van der Waals surface area contributed by atoms with E-state index in [1.54, 1.807) is 6.20 Å². The van der Waals surface area contributed by atoms with Crippen LogP contribution in [0.1, 0.15) is 86.3 Å². The average molecular weight is 501 g/mol. The van der Waals surface area contributed by atoms with E-state index in [-0.39, 0.29) is 17.9 Å². The minimum atomic E-state index is -0.0202. The smallest absolute Gasteiger partial charge is 0.259 e. The second kappa shape index (κ2) is 12.2. The second-order valence-corrected chi connectivity index (χ2v) is 10.6. The van der Waals surface area contributed by atoms with Gasteiger partial charge in [0.05, 0.1) is 0 Å². The Balaban J connectivity index is 1.46. The lowest BCUT2D eigenvalue weighted by atomic mass is 9.99. The maximum Gasteiger partial charge on any atom is 0.259 e. The van der Waals surface area contributed by atoms with E-state index in [4.69, 9.17) is 9.72 Å². The number of benzene rings is 2. The number of hydrogen-bond donors (Lipinski definition) is 0. The predicted octanol–water partition coefficient (Wildman–Crippen LogP) is 6.64. The molecule has 1 aliphatic heterocycles. The second-order valence-electron chi connectivity index (χ2n) is 10.6. The number of likely N-dealkylation sites (N-methyl/N-ethyl adjacent to an activating group) is 1. The zero-order valence-corrected chi connectivity index (χ0v) is 22.9. The van der Waals surface area contributed by atoms with Gasteiger partial charge >= 0.3 is 0 Å². The minimum absolute atomic E-state index is 0.0202. The van der Waals surface area contributed by atoms with E-state index in [1.165, 1.54) is 5.56 Å². The highest BCUT2D eigenvalue weighted by atomic mass is 16.5. The van der Waals surface area contributed by atoms with Gasteiger partial charge in [0.1, 0.15) is 29.1 Å². The summed E-state index contributed by atoms with van der Waals surface area (Å²) in [7, 11) is 2.00. The van der Waals surface area contributed by atoms with Crippen LogP contribution in [0.5, 0.6) is 5.75 Å². The molecule has 0 radical (unpaired) electrons. The van der Waals surface area contributed by atoms with E-state index in [9.17, 15) is 4.79 Å². The monoisotopic (exact) mass is 500 g/mol. The van der Waals surface area contributed by atoms with Crippen LogP contribution in [0.2, 0.25) is 0 Å². The van der Waals surface area contributed by atoms with Crippen molar-refractivity contribution in [3.63, 3.8) is 0 Å². The molecule has 2 atom stereocenters. The van der Waals surface area contributed by atoms with E-state index >= 15 is 0 Å². The summed E-state index contributed by atoms with van der Waals surface area (Å²) in [6, 6.07) is 18.6. The molecule has 1 aromatic heterocycles. The van der Waals surface area contributed by atoms with Crippen LogP contribution in [-0.4, -0.2) is 40.9 Å². The van der Waals surface area contributed by atoms with Crippen LogP contribution in [0, 0.1) is 5.92 Å². The first-order valence-electron chi connectivity index (χ1n) is 13.5. The minimum Gasteiger partial charge on any atom is -0.486 e. The summed E-state index contributed by atoms with van der Waals surface area (Å²) in [5, 5.41) is 0. The predicted molar refractivity (Wildman–Crippen MR) is 149 cm³/mol. The number of fused-ring (bicyclic) bond motifs is 1. The van der Waals surface area contributed by atoms with Gasteiger partial charge in [0.25, 0.3) is 5.91 Å². The third-order valence-electron chi connectivity index (χ3n) is 7.18. The standard InChI is InChI=1S/C31H40N4O2/c1-6-23(4)29-32-20-27-30(33-29)34(5)18-19-35(31(27)36)21-24-13-15-26(16-14-24)37-28(17-12-22(2)3)25-10-8-7-9-11-25/h7-11,13-16,20,22-23,28H,6,12,17-19,21H2,1-5H3. The van der Waals surface area contributed by atoms with Crippen molar-refractivity contribution in [2.45, 2.75) is 65.5 Å². The molecule has 0 bridgehead atoms. The number of nitrogens with zero attached hydrogens (tertiary/aromatic N) is 4. The lowest BCUT2D eigenvalue weighted by Crippen LogP contribution is -2.33. The number of amides is 1. The molecule has 2 heterocycles. The molecule has 3 aromatic rings. The molecule has 2 unspecified atom stereocenters. The van der Waals surface area contributed by atoms with Crippen molar-refractivity contribution < 1.29 is 9.53 Å². The molecule has 6 nitrogen and oxygen atoms in total. The topological polar surface area (TPSA) is 58.6 Å². The van der Waals surface area contributed by atoms with Gasteiger partial charge in [-0.05, 0) is 48.4 Å². The molecule has 0 saturated heterocycles. The first-order chi connectivity index (χ1) is 17.9. The van der Waals surface area contributed by atoms with Crippen molar-refractivity contribution in [2.24, 2.45) is 5.92 Å². The van der Waals surface area contributed by atoms with Crippen LogP contribution in [-0.2, 0) is 6.54 Å². The molecule has 4 rings (SSSR count). The Bertz CT molecular complexity index is 1160. The van der Waals surface area contributed by atoms with Crippen LogP contribution in [0.25, 0.3) is 0 Å². The zero-order chi connectivity index (χ0) is 26.4. The molecular formula is C31H40N4O2.